The Balaban J connectivity index is 0.000000686. The molecule has 1 aromatic rings. The van der Waals surface area contributed by atoms with Crippen molar-refractivity contribution in [3.05, 3.63) is 23.9 Å². The van der Waals surface area contributed by atoms with Gasteiger partial charge in [0.05, 0.1) is 6.61 Å². The maximum absolute atomic E-state index is 5.74. The SMILES string of the molecule is CC.CNCc1cccnc1OCC1CCC1. The summed E-state index contributed by atoms with van der Waals surface area (Å²) >= 11 is 0. The van der Waals surface area contributed by atoms with E-state index in [1.807, 2.05) is 27.0 Å². The molecule has 0 aromatic carbocycles. The van der Waals surface area contributed by atoms with E-state index in [9.17, 15) is 0 Å². The van der Waals surface area contributed by atoms with Crippen molar-refractivity contribution in [3.8, 4) is 5.88 Å². The summed E-state index contributed by atoms with van der Waals surface area (Å²) in [6, 6.07) is 4.00. The fraction of sp³-hybridized carbons (Fsp3) is 0.643. The lowest BCUT2D eigenvalue weighted by Crippen LogP contribution is -2.20. The monoisotopic (exact) mass is 236 g/mol. The molecule has 1 N–H and O–H groups in total. The van der Waals surface area contributed by atoms with Crippen LogP contribution in [0.1, 0.15) is 38.7 Å². The summed E-state index contributed by atoms with van der Waals surface area (Å²) in [7, 11) is 1.93. The highest BCUT2D eigenvalue weighted by Gasteiger charge is 2.18. The average Bonchev–Trinajstić information content (AvgIpc) is 2.32. The van der Waals surface area contributed by atoms with Gasteiger partial charge in [0.1, 0.15) is 0 Å². The lowest BCUT2D eigenvalue weighted by Gasteiger charge is -2.25. The minimum atomic E-state index is 0.759. The molecule has 3 nitrogen and oxygen atoms in total. The third-order valence-electron chi connectivity index (χ3n) is 2.90. The van der Waals surface area contributed by atoms with Gasteiger partial charge in [0.15, 0.2) is 0 Å². The summed E-state index contributed by atoms with van der Waals surface area (Å²) in [6.45, 7) is 5.64. The van der Waals surface area contributed by atoms with E-state index in [1.54, 1.807) is 6.20 Å². The van der Waals surface area contributed by atoms with Gasteiger partial charge in [0.25, 0.3) is 0 Å². The average molecular weight is 236 g/mol. The van der Waals surface area contributed by atoms with Gasteiger partial charge in [0.2, 0.25) is 5.88 Å². The smallest absolute Gasteiger partial charge is 0.217 e. The molecule has 0 unspecified atom stereocenters. The van der Waals surface area contributed by atoms with Crippen LogP contribution in [0.15, 0.2) is 18.3 Å². The van der Waals surface area contributed by atoms with Crippen molar-refractivity contribution < 1.29 is 4.74 Å². The summed E-state index contributed by atoms with van der Waals surface area (Å²) in [6.07, 6.45) is 5.78. The molecule has 1 aliphatic rings. The summed E-state index contributed by atoms with van der Waals surface area (Å²) in [5.74, 6) is 1.55. The van der Waals surface area contributed by atoms with Crippen LogP contribution in [-0.2, 0) is 6.54 Å². The van der Waals surface area contributed by atoms with Gasteiger partial charge < -0.3 is 10.1 Å². The van der Waals surface area contributed by atoms with Crippen LogP contribution in [-0.4, -0.2) is 18.6 Å². The minimum absolute atomic E-state index is 0.759. The maximum atomic E-state index is 5.74. The molecule has 1 heterocycles. The lowest BCUT2D eigenvalue weighted by molar-refractivity contribution is 0.174. The van der Waals surface area contributed by atoms with E-state index in [0.29, 0.717) is 0 Å². The molecular weight excluding hydrogens is 212 g/mol. The zero-order valence-electron chi connectivity index (χ0n) is 11.2. The zero-order valence-corrected chi connectivity index (χ0v) is 11.2. The number of ether oxygens (including phenoxy) is 1. The van der Waals surface area contributed by atoms with Gasteiger partial charge in [-0.3, -0.25) is 0 Å². The van der Waals surface area contributed by atoms with Gasteiger partial charge in [0, 0.05) is 18.3 Å². The first-order chi connectivity index (χ1) is 8.40. The molecule has 0 spiro atoms. The maximum Gasteiger partial charge on any atom is 0.217 e. The van der Waals surface area contributed by atoms with Gasteiger partial charge >= 0.3 is 0 Å². The quantitative estimate of drug-likeness (QED) is 0.853. The number of rotatable bonds is 5. The van der Waals surface area contributed by atoms with E-state index in [4.69, 9.17) is 4.74 Å². The Morgan fingerprint density at radius 3 is 2.76 bits per heavy atom. The first-order valence-corrected chi connectivity index (χ1v) is 6.61. The van der Waals surface area contributed by atoms with Gasteiger partial charge in [-0.2, -0.15) is 0 Å². The molecule has 0 bridgehead atoms. The lowest BCUT2D eigenvalue weighted by atomic mass is 9.86. The van der Waals surface area contributed by atoms with Crippen molar-refractivity contribution in [1.82, 2.24) is 10.3 Å². The van der Waals surface area contributed by atoms with E-state index in [1.165, 1.54) is 19.3 Å². The van der Waals surface area contributed by atoms with E-state index < -0.39 is 0 Å². The van der Waals surface area contributed by atoms with Gasteiger partial charge in [-0.15, -0.1) is 0 Å². The first kappa shape index (κ1) is 14.0. The Labute approximate surface area is 105 Å². The molecule has 0 aliphatic heterocycles. The first-order valence-electron chi connectivity index (χ1n) is 6.61. The van der Waals surface area contributed by atoms with E-state index in [-0.39, 0.29) is 0 Å². The Morgan fingerprint density at radius 2 is 2.18 bits per heavy atom. The van der Waals surface area contributed by atoms with E-state index >= 15 is 0 Å². The number of nitrogens with one attached hydrogen (secondary N) is 1. The fourth-order valence-electron chi connectivity index (χ4n) is 1.74. The van der Waals surface area contributed by atoms with Crippen LogP contribution in [0.2, 0.25) is 0 Å². The molecule has 17 heavy (non-hydrogen) atoms. The van der Waals surface area contributed by atoms with E-state index in [2.05, 4.69) is 16.4 Å². The van der Waals surface area contributed by atoms with Crippen molar-refractivity contribution in [1.29, 1.82) is 0 Å². The second-order valence-electron chi connectivity index (χ2n) is 4.11. The molecule has 2 rings (SSSR count). The van der Waals surface area contributed by atoms with Gasteiger partial charge in [-0.25, -0.2) is 4.98 Å². The largest absolute Gasteiger partial charge is 0.477 e. The fourth-order valence-corrected chi connectivity index (χ4v) is 1.74. The van der Waals surface area contributed by atoms with Gasteiger partial charge in [-0.1, -0.05) is 26.3 Å². The predicted octanol–water partition coefficient (Wildman–Crippen LogP) is 3.01. The Hall–Kier alpha value is -1.09. The molecule has 96 valence electrons. The van der Waals surface area contributed by atoms with Crippen molar-refractivity contribution in [2.45, 2.75) is 39.7 Å². The Kier molecular flexibility index (Phi) is 6.63. The molecule has 0 atom stereocenters. The van der Waals surface area contributed by atoms with Crippen molar-refractivity contribution in [2.24, 2.45) is 5.92 Å². The third kappa shape index (κ3) is 4.35. The second-order valence-corrected chi connectivity index (χ2v) is 4.11. The highest BCUT2D eigenvalue weighted by Crippen LogP contribution is 2.27. The Morgan fingerprint density at radius 1 is 1.41 bits per heavy atom. The van der Waals surface area contributed by atoms with Crippen LogP contribution in [0.25, 0.3) is 0 Å². The second kappa shape index (κ2) is 8.07. The molecule has 1 aliphatic carbocycles. The van der Waals surface area contributed by atoms with Crippen LogP contribution in [0.5, 0.6) is 5.88 Å². The highest BCUT2D eigenvalue weighted by atomic mass is 16.5. The van der Waals surface area contributed by atoms with Crippen molar-refractivity contribution >= 4 is 0 Å². The molecule has 0 saturated heterocycles. The van der Waals surface area contributed by atoms with Crippen LogP contribution < -0.4 is 10.1 Å². The van der Waals surface area contributed by atoms with Crippen LogP contribution >= 0.6 is 0 Å². The molecular formula is C14H24N2O. The molecule has 0 radical (unpaired) electrons. The van der Waals surface area contributed by atoms with Gasteiger partial charge in [-0.05, 0) is 31.9 Å². The number of aromatic nitrogens is 1. The minimum Gasteiger partial charge on any atom is -0.477 e. The van der Waals surface area contributed by atoms with Crippen LogP contribution in [0.3, 0.4) is 0 Å². The third-order valence-corrected chi connectivity index (χ3v) is 2.90. The molecule has 3 heteroatoms. The zero-order chi connectivity index (χ0) is 12.5. The number of nitrogens with zero attached hydrogens (tertiary/aromatic N) is 1. The van der Waals surface area contributed by atoms with Crippen LogP contribution in [0.4, 0.5) is 0 Å². The number of pyridine rings is 1. The summed E-state index contributed by atoms with van der Waals surface area (Å²) in [5, 5.41) is 3.12. The normalized spacial score (nSPS) is 14.5. The summed E-state index contributed by atoms with van der Waals surface area (Å²) in [5.41, 5.74) is 1.14. The van der Waals surface area contributed by atoms with E-state index in [0.717, 1.165) is 30.5 Å². The van der Waals surface area contributed by atoms with Crippen molar-refractivity contribution in [3.63, 3.8) is 0 Å². The molecule has 1 fully saturated rings. The number of hydrogen-bond donors (Lipinski definition) is 1. The molecule has 0 amide bonds. The van der Waals surface area contributed by atoms with Crippen LogP contribution in [0, 0.1) is 5.92 Å². The topological polar surface area (TPSA) is 34.2 Å². The standard InChI is InChI=1S/C12H18N2O.C2H6/c1-13-8-11-6-3-7-14-12(11)15-9-10-4-2-5-10;1-2/h3,6-7,10,13H,2,4-5,8-9H2,1H3;1-2H3. The molecule has 1 saturated carbocycles. The highest BCUT2D eigenvalue weighted by molar-refractivity contribution is 5.25. The van der Waals surface area contributed by atoms with Crippen molar-refractivity contribution in [2.75, 3.05) is 13.7 Å². The Bertz CT molecular complexity index is 311. The summed E-state index contributed by atoms with van der Waals surface area (Å²) in [4.78, 5) is 4.27. The predicted molar refractivity (Wildman–Crippen MR) is 71.2 cm³/mol. The summed E-state index contributed by atoms with van der Waals surface area (Å²) < 4.78 is 5.74. The molecule has 1 aromatic heterocycles. The number of hydrogen-bond acceptors (Lipinski definition) is 3.